The lowest BCUT2D eigenvalue weighted by atomic mass is 10.0. The van der Waals surface area contributed by atoms with Crippen LogP contribution in [0.1, 0.15) is 24.9 Å². The van der Waals surface area contributed by atoms with Crippen LogP contribution in [0.5, 0.6) is 0 Å². The van der Waals surface area contributed by atoms with Crippen molar-refractivity contribution in [2.45, 2.75) is 19.4 Å². The van der Waals surface area contributed by atoms with Gasteiger partial charge in [0.25, 0.3) is 5.69 Å². The molecule has 1 aliphatic heterocycles. The number of rotatable bonds is 4. The molecule has 0 spiro atoms. The molecule has 20 heavy (non-hydrogen) atoms. The maximum Gasteiger partial charge on any atom is 0.269 e. The normalized spacial score (nSPS) is 16.6. The molecule has 0 aliphatic carbocycles. The average Bonchev–Trinajstić information content (AvgIpc) is 2.41. The van der Waals surface area contributed by atoms with Crippen LogP contribution in [0, 0.1) is 10.1 Å². The van der Waals surface area contributed by atoms with Gasteiger partial charge in [-0.05, 0) is 12.0 Å². The lowest BCUT2D eigenvalue weighted by Crippen LogP contribution is -2.45. The molecular weight excluding hydrogens is 301 g/mol. The number of nitro benzene ring substituents is 1. The Morgan fingerprint density at radius 1 is 1.25 bits per heavy atom. The van der Waals surface area contributed by atoms with Crippen molar-refractivity contribution in [1.82, 2.24) is 10.2 Å². The third kappa shape index (κ3) is 4.59. The standard InChI is InChI=1S/C13H19N3O2.2ClH/c1-2-13(15-9-7-14-8-10-15)11-3-5-12(6-4-11)16(17)18;;/h3-6,13-14H,2,7-10H2,1H3;2*1H/t13-;;/m1../s1. The third-order valence-corrected chi connectivity index (χ3v) is 3.47. The van der Waals surface area contributed by atoms with Gasteiger partial charge in [-0.2, -0.15) is 0 Å². The zero-order chi connectivity index (χ0) is 13.0. The molecule has 114 valence electrons. The number of hydrogen-bond acceptors (Lipinski definition) is 4. The van der Waals surface area contributed by atoms with Crippen LogP contribution >= 0.6 is 24.8 Å². The van der Waals surface area contributed by atoms with Crippen molar-refractivity contribution in [2.24, 2.45) is 0 Å². The van der Waals surface area contributed by atoms with Gasteiger partial charge in [0, 0.05) is 44.4 Å². The highest BCUT2D eigenvalue weighted by molar-refractivity contribution is 5.85. The van der Waals surface area contributed by atoms with E-state index in [1.54, 1.807) is 12.1 Å². The molecule has 0 saturated carbocycles. The van der Waals surface area contributed by atoms with Crippen LogP contribution in [0.2, 0.25) is 0 Å². The number of non-ortho nitro benzene ring substituents is 1. The first-order chi connectivity index (χ1) is 8.72. The maximum absolute atomic E-state index is 10.6. The number of hydrogen-bond donors (Lipinski definition) is 1. The minimum absolute atomic E-state index is 0. The molecule has 1 saturated heterocycles. The van der Waals surface area contributed by atoms with E-state index in [1.165, 1.54) is 5.56 Å². The number of halogens is 2. The molecule has 0 bridgehead atoms. The molecule has 1 fully saturated rings. The van der Waals surface area contributed by atoms with Crippen molar-refractivity contribution < 1.29 is 4.92 Å². The fraction of sp³-hybridized carbons (Fsp3) is 0.538. The van der Waals surface area contributed by atoms with Crippen molar-refractivity contribution in [3.05, 3.63) is 39.9 Å². The fourth-order valence-corrected chi connectivity index (χ4v) is 2.52. The molecule has 0 unspecified atom stereocenters. The second-order valence-electron chi connectivity index (χ2n) is 4.56. The molecule has 1 N–H and O–H groups in total. The van der Waals surface area contributed by atoms with Crippen LogP contribution in [0.15, 0.2) is 24.3 Å². The lowest BCUT2D eigenvalue weighted by Gasteiger charge is -2.34. The van der Waals surface area contributed by atoms with Crippen LogP contribution in [-0.2, 0) is 0 Å². The first-order valence-corrected chi connectivity index (χ1v) is 6.41. The molecule has 0 aromatic heterocycles. The summed E-state index contributed by atoms with van der Waals surface area (Å²) in [5, 5.41) is 14.0. The van der Waals surface area contributed by atoms with Gasteiger partial charge in [-0.25, -0.2) is 0 Å². The van der Waals surface area contributed by atoms with E-state index in [9.17, 15) is 10.1 Å². The van der Waals surface area contributed by atoms with E-state index in [4.69, 9.17) is 0 Å². The Bertz CT molecular complexity index is 409. The molecular formula is C13H21Cl2N3O2. The molecule has 1 heterocycles. The number of nitro groups is 1. The minimum Gasteiger partial charge on any atom is -0.314 e. The molecule has 1 atom stereocenters. The van der Waals surface area contributed by atoms with Crippen molar-refractivity contribution in [3.8, 4) is 0 Å². The van der Waals surface area contributed by atoms with E-state index in [0.717, 1.165) is 32.6 Å². The van der Waals surface area contributed by atoms with E-state index in [2.05, 4.69) is 17.1 Å². The molecule has 1 aromatic rings. The van der Waals surface area contributed by atoms with Gasteiger partial charge in [0.1, 0.15) is 0 Å². The lowest BCUT2D eigenvalue weighted by molar-refractivity contribution is -0.384. The predicted molar refractivity (Wildman–Crippen MR) is 85.1 cm³/mol. The SMILES string of the molecule is CC[C@H](c1ccc([N+](=O)[O-])cc1)N1CCNCC1.Cl.Cl. The Morgan fingerprint density at radius 3 is 2.25 bits per heavy atom. The van der Waals surface area contributed by atoms with E-state index >= 15 is 0 Å². The topological polar surface area (TPSA) is 58.4 Å². The van der Waals surface area contributed by atoms with Gasteiger partial charge < -0.3 is 5.32 Å². The molecule has 5 nitrogen and oxygen atoms in total. The molecule has 1 aliphatic rings. The number of piperazine rings is 1. The zero-order valence-electron chi connectivity index (χ0n) is 11.4. The van der Waals surface area contributed by atoms with Gasteiger partial charge in [-0.1, -0.05) is 19.1 Å². The third-order valence-electron chi connectivity index (χ3n) is 3.47. The van der Waals surface area contributed by atoms with Crippen LogP contribution in [0.3, 0.4) is 0 Å². The number of nitrogens with one attached hydrogen (secondary N) is 1. The highest BCUT2D eigenvalue weighted by Gasteiger charge is 2.20. The van der Waals surface area contributed by atoms with Crippen molar-refractivity contribution in [1.29, 1.82) is 0 Å². The number of benzene rings is 1. The fourth-order valence-electron chi connectivity index (χ4n) is 2.52. The van der Waals surface area contributed by atoms with E-state index < -0.39 is 0 Å². The van der Waals surface area contributed by atoms with Gasteiger partial charge in [-0.3, -0.25) is 15.0 Å². The maximum atomic E-state index is 10.6. The first kappa shape index (κ1) is 19.1. The van der Waals surface area contributed by atoms with Gasteiger partial charge in [0.05, 0.1) is 4.92 Å². The summed E-state index contributed by atoms with van der Waals surface area (Å²) in [5.74, 6) is 0. The van der Waals surface area contributed by atoms with Crippen molar-refractivity contribution in [3.63, 3.8) is 0 Å². The Labute approximate surface area is 131 Å². The Kier molecular flexibility index (Phi) is 8.73. The van der Waals surface area contributed by atoms with Crippen molar-refractivity contribution in [2.75, 3.05) is 26.2 Å². The van der Waals surface area contributed by atoms with Gasteiger partial charge in [0.15, 0.2) is 0 Å². The molecule has 1 aromatic carbocycles. The molecule has 0 radical (unpaired) electrons. The summed E-state index contributed by atoms with van der Waals surface area (Å²) in [6, 6.07) is 7.33. The first-order valence-electron chi connectivity index (χ1n) is 6.41. The summed E-state index contributed by atoms with van der Waals surface area (Å²) in [6.07, 6.45) is 1.03. The minimum atomic E-state index is -0.352. The summed E-state index contributed by atoms with van der Waals surface area (Å²) in [4.78, 5) is 12.7. The van der Waals surface area contributed by atoms with Crippen LogP contribution < -0.4 is 5.32 Å². The quantitative estimate of drug-likeness (QED) is 0.684. The summed E-state index contributed by atoms with van der Waals surface area (Å²) in [5.41, 5.74) is 1.33. The summed E-state index contributed by atoms with van der Waals surface area (Å²) in [7, 11) is 0. The molecule has 2 rings (SSSR count). The van der Waals surface area contributed by atoms with Crippen molar-refractivity contribution >= 4 is 30.5 Å². The summed E-state index contributed by atoms with van der Waals surface area (Å²) < 4.78 is 0. The van der Waals surface area contributed by atoms with E-state index in [-0.39, 0.29) is 35.4 Å². The highest BCUT2D eigenvalue weighted by atomic mass is 35.5. The van der Waals surface area contributed by atoms with Gasteiger partial charge >= 0.3 is 0 Å². The second-order valence-corrected chi connectivity index (χ2v) is 4.56. The second kappa shape index (κ2) is 9.13. The zero-order valence-corrected chi connectivity index (χ0v) is 13.1. The van der Waals surface area contributed by atoms with Crippen LogP contribution in [0.25, 0.3) is 0 Å². The van der Waals surface area contributed by atoms with Crippen LogP contribution in [-0.4, -0.2) is 36.0 Å². The average molecular weight is 322 g/mol. The van der Waals surface area contributed by atoms with Crippen LogP contribution in [0.4, 0.5) is 5.69 Å². The Hall–Kier alpha value is -0.880. The van der Waals surface area contributed by atoms with Gasteiger partial charge in [-0.15, -0.1) is 24.8 Å². The largest absolute Gasteiger partial charge is 0.314 e. The molecule has 7 heteroatoms. The Balaban J connectivity index is 0.00000180. The highest BCUT2D eigenvalue weighted by Crippen LogP contribution is 2.26. The monoisotopic (exact) mass is 321 g/mol. The van der Waals surface area contributed by atoms with E-state index in [1.807, 2.05) is 12.1 Å². The number of nitrogens with zero attached hydrogens (tertiary/aromatic N) is 2. The predicted octanol–water partition coefficient (Wildman–Crippen LogP) is 2.79. The summed E-state index contributed by atoms with van der Waals surface area (Å²) in [6.45, 7) is 6.27. The van der Waals surface area contributed by atoms with E-state index in [0.29, 0.717) is 6.04 Å². The summed E-state index contributed by atoms with van der Waals surface area (Å²) >= 11 is 0. The van der Waals surface area contributed by atoms with Gasteiger partial charge in [0.2, 0.25) is 0 Å². The molecule has 0 amide bonds. The smallest absolute Gasteiger partial charge is 0.269 e. The Morgan fingerprint density at radius 2 is 1.80 bits per heavy atom.